The smallest absolute Gasteiger partial charge is 0.339 e. The fourth-order valence-electron chi connectivity index (χ4n) is 1.04. The van der Waals surface area contributed by atoms with Crippen molar-refractivity contribution in [2.45, 2.75) is 6.43 Å². The van der Waals surface area contributed by atoms with E-state index in [2.05, 4.69) is 9.72 Å². The van der Waals surface area contributed by atoms with E-state index in [1.807, 2.05) is 0 Å². The van der Waals surface area contributed by atoms with Crippen molar-refractivity contribution in [3.05, 3.63) is 23.3 Å². The highest BCUT2D eigenvalue weighted by molar-refractivity contribution is 5.91. The SMILES string of the molecule is COc1c(C(=O)O)cc(F)nc1C(F)F. The molecule has 0 spiro atoms. The van der Waals surface area contributed by atoms with E-state index in [1.165, 1.54) is 0 Å². The molecule has 15 heavy (non-hydrogen) atoms. The van der Waals surface area contributed by atoms with Gasteiger partial charge in [-0.1, -0.05) is 0 Å². The fraction of sp³-hybridized carbons (Fsp3) is 0.250. The summed E-state index contributed by atoms with van der Waals surface area (Å²) in [5.74, 6) is -3.47. The second-order valence-corrected chi connectivity index (χ2v) is 2.52. The van der Waals surface area contributed by atoms with Crippen molar-refractivity contribution >= 4 is 5.97 Å². The summed E-state index contributed by atoms with van der Waals surface area (Å²) in [5, 5.41) is 8.61. The summed E-state index contributed by atoms with van der Waals surface area (Å²) in [6, 6.07) is 0.521. The first-order valence-corrected chi connectivity index (χ1v) is 3.73. The van der Waals surface area contributed by atoms with Crippen molar-refractivity contribution in [3.8, 4) is 5.75 Å². The molecule has 0 aliphatic heterocycles. The largest absolute Gasteiger partial charge is 0.494 e. The van der Waals surface area contributed by atoms with E-state index in [1.54, 1.807) is 0 Å². The van der Waals surface area contributed by atoms with Crippen LogP contribution in [0.15, 0.2) is 6.07 Å². The lowest BCUT2D eigenvalue weighted by Crippen LogP contribution is -2.07. The summed E-state index contributed by atoms with van der Waals surface area (Å²) in [5.41, 5.74) is -1.70. The molecular weight excluding hydrogens is 215 g/mol. The van der Waals surface area contributed by atoms with E-state index in [9.17, 15) is 18.0 Å². The van der Waals surface area contributed by atoms with Gasteiger partial charge in [0.15, 0.2) is 11.4 Å². The van der Waals surface area contributed by atoms with Gasteiger partial charge in [-0.25, -0.2) is 18.6 Å². The summed E-state index contributed by atoms with van der Waals surface area (Å²) in [4.78, 5) is 13.5. The Labute approximate surface area is 82.3 Å². The van der Waals surface area contributed by atoms with Crippen LogP contribution in [0.2, 0.25) is 0 Å². The predicted molar refractivity (Wildman–Crippen MR) is 42.7 cm³/mol. The van der Waals surface area contributed by atoms with E-state index in [-0.39, 0.29) is 0 Å². The van der Waals surface area contributed by atoms with Crippen LogP contribution in [-0.2, 0) is 0 Å². The highest BCUT2D eigenvalue weighted by Gasteiger charge is 2.24. The number of ether oxygens (including phenoxy) is 1. The van der Waals surface area contributed by atoms with Crippen molar-refractivity contribution in [3.63, 3.8) is 0 Å². The van der Waals surface area contributed by atoms with Gasteiger partial charge in [-0.05, 0) is 0 Å². The molecule has 0 atom stereocenters. The number of methoxy groups -OCH3 is 1. The number of carbonyl (C=O) groups is 1. The van der Waals surface area contributed by atoms with Crippen LogP contribution in [0.4, 0.5) is 13.2 Å². The zero-order valence-corrected chi connectivity index (χ0v) is 7.50. The molecule has 0 unspecified atom stereocenters. The Kier molecular flexibility index (Phi) is 3.13. The van der Waals surface area contributed by atoms with Crippen molar-refractivity contribution in [2.75, 3.05) is 7.11 Å². The molecule has 0 fully saturated rings. The highest BCUT2D eigenvalue weighted by atomic mass is 19.3. The normalized spacial score (nSPS) is 10.5. The lowest BCUT2D eigenvalue weighted by atomic mass is 10.2. The molecule has 0 saturated heterocycles. The quantitative estimate of drug-likeness (QED) is 0.791. The van der Waals surface area contributed by atoms with Gasteiger partial charge in [0.1, 0.15) is 5.56 Å². The summed E-state index contributed by atoms with van der Waals surface area (Å²) >= 11 is 0. The molecule has 0 bridgehead atoms. The summed E-state index contributed by atoms with van der Waals surface area (Å²) in [6.07, 6.45) is -3.10. The molecule has 0 aliphatic carbocycles. The van der Waals surface area contributed by atoms with E-state index in [0.717, 1.165) is 7.11 Å². The number of alkyl halides is 2. The molecule has 0 saturated carbocycles. The second kappa shape index (κ2) is 4.16. The standard InChI is InChI=1S/C8H6F3NO3/c1-15-6-3(8(13)14)2-4(9)12-5(6)7(10)11/h2,7H,1H3,(H,13,14). The first-order valence-electron chi connectivity index (χ1n) is 3.73. The van der Waals surface area contributed by atoms with Crippen LogP contribution in [0.5, 0.6) is 5.75 Å². The molecule has 1 aromatic heterocycles. The molecule has 1 rings (SSSR count). The van der Waals surface area contributed by atoms with Gasteiger partial charge >= 0.3 is 5.97 Å². The Bertz CT molecular complexity index is 395. The summed E-state index contributed by atoms with van der Waals surface area (Å²) < 4.78 is 41.8. The van der Waals surface area contributed by atoms with Crippen molar-refractivity contribution < 1.29 is 27.8 Å². The Morgan fingerprint density at radius 3 is 2.60 bits per heavy atom. The average Bonchev–Trinajstić information content (AvgIpc) is 2.16. The maximum absolute atomic E-state index is 12.7. The summed E-state index contributed by atoms with van der Waals surface area (Å²) in [6.45, 7) is 0. The van der Waals surface area contributed by atoms with Crippen molar-refractivity contribution in [2.24, 2.45) is 0 Å². The number of carboxylic acid groups (broad SMARTS) is 1. The van der Waals surface area contributed by atoms with Gasteiger partial charge in [-0.2, -0.15) is 4.39 Å². The number of aromatic carboxylic acids is 1. The molecule has 1 aromatic rings. The van der Waals surface area contributed by atoms with Crippen LogP contribution in [0.25, 0.3) is 0 Å². The molecule has 1 heterocycles. The minimum absolute atomic E-state index is 0.521. The van der Waals surface area contributed by atoms with E-state index in [4.69, 9.17) is 5.11 Å². The number of pyridine rings is 1. The number of nitrogens with zero attached hydrogens (tertiary/aromatic N) is 1. The number of halogens is 3. The molecule has 82 valence electrons. The van der Waals surface area contributed by atoms with Crippen molar-refractivity contribution in [1.82, 2.24) is 4.98 Å². The van der Waals surface area contributed by atoms with Gasteiger partial charge < -0.3 is 9.84 Å². The Morgan fingerprint density at radius 1 is 1.60 bits per heavy atom. The zero-order valence-electron chi connectivity index (χ0n) is 7.50. The number of rotatable bonds is 3. The number of hydrogen-bond donors (Lipinski definition) is 1. The Morgan fingerprint density at radius 2 is 2.20 bits per heavy atom. The Hall–Kier alpha value is -1.79. The first-order chi connectivity index (χ1) is 6.97. The minimum Gasteiger partial charge on any atom is -0.494 e. The van der Waals surface area contributed by atoms with E-state index < -0.39 is 35.3 Å². The molecule has 0 amide bonds. The van der Waals surface area contributed by atoms with Gasteiger partial charge in [0.25, 0.3) is 6.43 Å². The van der Waals surface area contributed by atoms with E-state index in [0.29, 0.717) is 6.07 Å². The number of hydrogen-bond acceptors (Lipinski definition) is 3. The van der Waals surface area contributed by atoms with Crippen LogP contribution in [-0.4, -0.2) is 23.2 Å². The predicted octanol–water partition coefficient (Wildman–Crippen LogP) is 1.87. The maximum atomic E-state index is 12.7. The molecule has 4 nitrogen and oxygen atoms in total. The third-order valence-corrected chi connectivity index (χ3v) is 1.61. The topological polar surface area (TPSA) is 59.4 Å². The maximum Gasteiger partial charge on any atom is 0.339 e. The van der Waals surface area contributed by atoms with Gasteiger partial charge in [-0.3, -0.25) is 0 Å². The van der Waals surface area contributed by atoms with Crippen LogP contribution < -0.4 is 4.74 Å². The second-order valence-electron chi connectivity index (χ2n) is 2.52. The number of carboxylic acids is 1. The van der Waals surface area contributed by atoms with Crippen LogP contribution in [0.1, 0.15) is 22.5 Å². The lowest BCUT2D eigenvalue weighted by molar-refractivity contribution is 0.0690. The van der Waals surface area contributed by atoms with Gasteiger partial charge in [0.2, 0.25) is 5.95 Å². The first kappa shape index (κ1) is 11.3. The lowest BCUT2D eigenvalue weighted by Gasteiger charge is -2.09. The number of aromatic nitrogens is 1. The van der Waals surface area contributed by atoms with E-state index >= 15 is 0 Å². The van der Waals surface area contributed by atoms with Crippen LogP contribution in [0.3, 0.4) is 0 Å². The molecular formula is C8H6F3NO3. The van der Waals surface area contributed by atoms with Gasteiger partial charge in [0.05, 0.1) is 7.11 Å². The third-order valence-electron chi connectivity index (χ3n) is 1.61. The zero-order chi connectivity index (χ0) is 11.6. The monoisotopic (exact) mass is 221 g/mol. The molecule has 0 aliphatic rings. The van der Waals surface area contributed by atoms with Crippen LogP contribution >= 0.6 is 0 Å². The van der Waals surface area contributed by atoms with Gasteiger partial charge in [0, 0.05) is 6.07 Å². The molecule has 7 heteroatoms. The van der Waals surface area contributed by atoms with Crippen molar-refractivity contribution in [1.29, 1.82) is 0 Å². The molecule has 0 aromatic carbocycles. The molecule has 1 N–H and O–H groups in total. The Balaban J connectivity index is 3.45. The van der Waals surface area contributed by atoms with Gasteiger partial charge in [-0.15, -0.1) is 0 Å². The minimum atomic E-state index is -3.10. The summed E-state index contributed by atoms with van der Waals surface area (Å²) in [7, 11) is 1.01. The van der Waals surface area contributed by atoms with Crippen LogP contribution in [0, 0.1) is 5.95 Å². The molecule has 0 radical (unpaired) electrons. The third kappa shape index (κ3) is 2.17. The highest BCUT2D eigenvalue weighted by Crippen LogP contribution is 2.30. The average molecular weight is 221 g/mol. The fourth-order valence-corrected chi connectivity index (χ4v) is 1.04.